The van der Waals surface area contributed by atoms with Gasteiger partial charge >= 0.3 is 5.97 Å². The Kier molecular flexibility index (Phi) is 5.88. The van der Waals surface area contributed by atoms with Crippen LogP contribution in [0.1, 0.15) is 27.5 Å². The topological polar surface area (TPSA) is 82.3 Å². The van der Waals surface area contributed by atoms with E-state index in [1.165, 1.54) is 28.8 Å². The molecular weight excluding hydrogens is 449 g/mol. The van der Waals surface area contributed by atoms with E-state index in [2.05, 4.69) is 0 Å². The minimum Gasteiger partial charge on any atom is -0.477 e. The Hall–Kier alpha value is -4.30. The Labute approximate surface area is 200 Å². The van der Waals surface area contributed by atoms with Crippen molar-refractivity contribution in [2.75, 3.05) is 18.0 Å². The van der Waals surface area contributed by atoms with Crippen LogP contribution in [0.3, 0.4) is 0 Å². The number of carbonyl (C=O) groups excluding carboxylic acids is 1. The van der Waals surface area contributed by atoms with Crippen LogP contribution >= 0.6 is 0 Å². The van der Waals surface area contributed by atoms with E-state index >= 15 is 0 Å². The van der Waals surface area contributed by atoms with Crippen molar-refractivity contribution >= 4 is 23.1 Å². The number of para-hydroxylation sites is 1. The predicted octanol–water partition coefficient (Wildman–Crippen LogP) is 3.73. The molecule has 0 radical (unpaired) electrons. The van der Waals surface area contributed by atoms with Gasteiger partial charge in [0.1, 0.15) is 17.4 Å². The van der Waals surface area contributed by atoms with Gasteiger partial charge in [-0.2, -0.15) is 0 Å². The van der Waals surface area contributed by atoms with Crippen LogP contribution in [0.15, 0.2) is 89.9 Å². The van der Waals surface area contributed by atoms with E-state index in [0.717, 1.165) is 5.69 Å². The number of carboxylic acids is 1. The molecule has 1 saturated heterocycles. The van der Waals surface area contributed by atoms with Crippen LogP contribution in [0, 0.1) is 5.82 Å². The van der Waals surface area contributed by atoms with E-state index in [-0.39, 0.29) is 18.0 Å². The summed E-state index contributed by atoms with van der Waals surface area (Å²) in [6.45, 7) is 1.07. The molecule has 2 aromatic heterocycles. The van der Waals surface area contributed by atoms with Crippen molar-refractivity contribution in [3.63, 3.8) is 0 Å². The SMILES string of the molecule is O=C(O)c1cc(CN2CCN(c3ccccc3)C(=O)C2c2cccc(F)c2)c2ccccn2c1=O. The smallest absolute Gasteiger partial charge is 0.341 e. The highest BCUT2D eigenvalue weighted by molar-refractivity contribution is 5.98. The average Bonchev–Trinajstić information content (AvgIpc) is 2.86. The van der Waals surface area contributed by atoms with E-state index < -0.39 is 23.4 Å². The maximum absolute atomic E-state index is 14.2. The number of piperazine rings is 1. The quantitative estimate of drug-likeness (QED) is 0.480. The second-order valence-corrected chi connectivity index (χ2v) is 8.40. The molecule has 1 aliphatic rings. The lowest BCUT2D eigenvalue weighted by atomic mass is 9.99. The summed E-state index contributed by atoms with van der Waals surface area (Å²) in [7, 11) is 0. The number of hydrogen-bond acceptors (Lipinski definition) is 4. The molecule has 1 unspecified atom stereocenters. The summed E-state index contributed by atoms with van der Waals surface area (Å²) in [5, 5.41) is 9.59. The van der Waals surface area contributed by atoms with Crippen molar-refractivity contribution in [1.82, 2.24) is 9.30 Å². The number of hydrogen-bond donors (Lipinski definition) is 1. The van der Waals surface area contributed by atoms with Crippen LogP contribution < -0.4 is 10.5 Å². The molecule has 1 fully saturated rings. The molecule has 1 atom stereocenters. The zero-order valence-corrected chi connectivity index (χ0v) is 18.7. The van der Waals surface area contributed by atoms with E-state index in [1.54, 1.807) is 35.2 Å². The average molecular weight is 471 g/mol. The molecular formula is C27H22FN3O4. The van der Waals surface area contributed by atoms with Crippen molar-refractivity contribution in [1.29, 1.82) is 0 Å². The van der Waals surface area contributed by atoms with Crippen LogP contribution in [-0.4, -0.2) is 39.4 Å². The van der Waals surface area contributed by atoms with Gasteiger partial charge in [0.2, 0.25) is 5.91 Å². The number of nitrogens with zero attached hydrogens (tertiary/aromatic N) is 3. The Bertz CT molecular complexity index is 1490. The zero-order valence-electron chi connectivity index (χ0n) is 18.7. The van der Waals surface area contributed by atoms with Gasteiger partial charge in [-0.05, 0) is 53.6 Å². The van der Waals surface area contributed by atoms with Crippen molar-refractivity contribution < 1.29 is 19.1 Å². The largest absolute Gasteiger partial charge is 0.477 e. The summed E-state index contributed by atoms with van der Waals surface area (Å²) in [5.41, 5.74) is 1.43. The minimum absolute atomic E-state index is 0.198. The van der Waals surface area contributed by atoms with Gasteiger partial charge in [-0.3, -0.25) is 18.9 Å². The Morgan fingerprint density at radius 3 is 2.46 bits per heavy atom. The number of halogens is 1. The lowest BCUT2D eigenvalue weighted by molar-refractivity contribution is -0.126. The number of benzene rings is 2. The van der Waals surface area contributed by atoms with Gasteiger partial charge in [0.05, 0.1) is 5.52 Å². The lowest BCUT2D eigenvalue weighted by Crippen LogP contribution is -2.52. The highest BCUT2D eigenvalue weighted by Crippen LogP contribution is 2.32. The molecule has 0 spiro atoms. The standard InChI is InChI=1S/C27H22FN3O4/c28-20-8-6-7-18(15-20)24-26(33)30(21-9-2-1-3-10-21)14-13-29(24)17-19-16-22(27(34)35)25(32)31-12-5-4-11-23(19)31/h1-12,15-16,24H,13-14,17H2,(H,34,35). The number of aromatic nitrogens is 1. The Balaban J connectivity index is 1.59. The molecule has 176 valence electrons. The van der Waals surface area contributed by atoms with E-state index in [1.807, 2.05) is 35.2 Å². The van der Waals surface area contributed by atoms with Crippen LogP contribution in [0.4, 0.5) is 10.1 Å². The summed E-state index contributed by atoms with van der Waals surface area (Å²) in [6, 6.07) is 21.0. The van der Waals surface area contributed by atoms with Gasteiger partial charge in [-0.1, -0.05) is 36.4 Å². The molecule has 2 aromatic carbocycles. The second-order valence-electron chi connectivity index (χ2n) is 8.40. The van der Waals surface area contributed by atoms with Gasteiger partial charge in [-0.15, -0.1) is 0 Å². The van der Waals surface area contributed by atoms with Crippen molar-refractivity contribution in [2.24, 2.45) is 0 Å². The van der Waals surface area contributed by atoms with Gasteiger partial charge in [-0.25, -0.2) is 9.18 Å². The molecule has 3 heterocycles. The molecule has 0 aliphatic carbocycles. The third-order valence-corrected chi connectivity index (χ3v) is 6.27. The molecule has 1 amide bonds. The Morgan fingerprint density at radius 1 is 0.943 bits per heavy atom. The zero-order chi connectivity index (χ0) is 24.5. The third kappa shape index (κ3) is 4.20. The van der Waals surface area contributed by atoms with Crippen LogP contribution in [0.5, 0.6) is 0 Å². The van der Waals surface area contributed by atoms with Crippen molar-refractivity contribution in [3.05, 3.63) is 118 Å². The van der Waals surface area contributed by atoms with Gasteiger partial charge in [0.25, 0.3) is 5.56 Å². The predicted molar refractivity (Wildman–Crippen MR) is 129 cm³/mol. The summed E-state index contributed by atoms with van der Waals surface area (Å²) in [5.74, 6) is -1.97. The molecule has 1 N–H and O–H groups in total. The minimum atomic E-state index is -1.32. The number of carboxylic acid groups (broad SMARTS) is 1. The molecule has 7 nitrogen and oxygen atoms in total. The molecule has 0 saturated carbocycles. The highest BCUT2D eigenvalue weighted by atomic mass is 19.1. The molecule has 1 aliphatic heterocycles. The van der Waals surface area contributed by atoms with E-state index in [0.29, 0.717) is 29.7 Å². The van der Waals surface area contributed by atoms with Crippen LogP contribution in [0.25, 0.3) is 5.52 Å². The third-order valence-electron chi connectivity index (χ3n) is 6.27. The number of rotatable bonds is 5. The van der Waals surface area contributed by atoms with Crippen LogP contribution in [-0.2, 0) is 11.3 Å². The molecule has 5 rings (SSSR count). The number of fused-ring (bicyclic) bond motifs is 1. The first-order chi connectivity index (χ1) is 16.9. The molecule has 35 heavy (non-hydrogen) atoms. The summed E-state index contributed by atoms with van der Waals surface area (Å²) < 4.78 is 15.5. The first-order valence-corrected chi connectivity index (χ1v) is 11.2. The van der Waals surface area contributed by atoms with Crippen molar-refractivity contribution in [3.8, 4) is 0 Å². The van der Waals surface area contributed by atoms with Gasteiger partial charge in [0.15, 0.2) is 0 Å². The Morgan fingerprint density at radius 2 is 1.71 bits per heavy atom. The number of pyridine rings is 2. The fourth-order valence-corrected chi connectivity index (χ4v) is 4.66. The first kappa shape index (κ1) is 22.5. The number of aromatic carboxylic acids is 1. The lowest BCUT2D eigenvalue weighted by Gasteiger charge is -2.41. The summed E-state index contributed by atoms with van der Waals surface area (Å²) in [6.07, 6.45) is 1.52. The van der Waals surface area contributed by atoms with Crippen LogP contribution in [0.2, 0.25) is 0 Å². The number of carbonyl (C=O) groups is 2. The monoisotopic (exact) mass is 471 g/mol. The number of amides is 1. The van der Waals surface area contributed by atoms with Crippen molar-refractivity contribution in [2.45, 2.75) is 12.6 Å². The van der Waals surface area contributed by atoms with E-state index in [9.17, 15) is 23.9 Å². The maximum Gasteiger partial charge on any atom is 0.341 e. The van der Waals surface area contributed by atoms with Gasteiger partial charge < -0.3 is 10.0 Å². The van der Waals surface area contributed by atoms with Gasteiger partial charge in [0, 0.05) is 31.5 Å². The maximum atomic E-state index is 14.2. The number of anilines is 1. The highest BCUT2D eigenvalue weighted by Gasteiger charge is 2.37. The molecule has 4 aromatic rings. The van der Waals surface area contributed by atoms with E-state index in [4.69, 9.17) is 0 Å². The summed E-state index contributed by atoms with van der Waals surface area (Å²) in [4.78, 5) is 41.7. The molecule has 0 bridgehead atoms. The fourth-order valence-electron chi connectivity index (χ4n) is 4.66. The molecule has 8 heteroatoms. The normalized spacial score (nSPS) is 16.5. The first-order valence-electron chi connectivity index (χ1n) is 11.2. The summed E-state index contributed by atoms with van der Waals surface area (Å²) >= 11 is 0. The second kappa shape index (κ2) is 9.15. The fraction of sp³-hybridized carbons (Fsp3) is 0.148.